The fourth-order valence-electron chi connectivity index (χ4n) is 2.36. The number of rotatable bonds is 2. The molecule has 0 fully saturated rings. The van der Waals surface area contributed by atoms with Crippen LogP contribution in [-0.2, 0) is 0 Å². The van der Waals surface area contributed by atoms with E-state index < -0.39 is 0 Å². The molecule has 2 heteroatoms. The molecule has 1 aromatic carbocycles. The smallest absolute Gasteiger partial charge is 0.0603 e. The van der Waals surface area contributed by atoms with Crippen LogP contribution in [0.5, 0.6) is 0 Å². The molecule has 0 aromatic heterocycles. The fourth-order valence-corrected chi connectivity index (χ4v) is 2.36. The third kappa shape index (κ3) is 2.41. The molecule has 1 unspecified atom stereocenters. The molecule has 2 nitrogen and oxygen atoms in total. The lowest BCUT2D eigenvalue weighted by molar-refractivity contribution is 0.514. The van der Waals surface area contributed by atoms with Crippen LogP contribution in [0.25, 0.3) is 0 Å². The summed E-state index contributed by atoms with van der Waals surface area (Å²) in [5, 5.41) is 3.65. The zero-order valence-corrected chi connectivity index (χ0v) is 11.6. The van der Waals surface area contributed by atoms with Gasteiger partial charge in [0.2, 0.25) is 0 Å². The van der Waals surface area contributed by atoms with Gasteiger partial charge < -0.3 is 10.2 Å². The molecule has 1 N–H and O–H groups in total. The first kappa shape index (κ1) is 12.3. The van der Waals surface area contributed by atoms with Crippen molar-refractivity contribution in [1.29, 1.82) is 0 Å². The molecule has 1 aliphatic rings. The molecule has 1 atom stereocenters. The van der Waals surface area contributed by atoms with Crippen molar-refractivity contribution < 1.29 is 0 Å². The number of hydrogen-bond acceptors (Lipinski definition) is 2. The molecule has 94 valence electrons. The van der Waals surface area contributed by atoms with Gasteiger partial charge in [0.25, 0.3) is 0 Å². The third-order valence-corrected chi connectivity index (χ3v) is 3.72. The standard InChI is InChI=1S/C15H24N2/c1-10(2)12-6-7-13-15(8-12)17(5)9-14(16-13)11(3)4/h6-8,10-11,14,16H,9H2,1-5H3. The van der Waals surface area contributed by atoms with Gasteiger partial charge >= 0.3 is 0 Å². The normalized spacial score (nSPS) is 19.5. The van der Waals surface area contributed by atoms with Crippen LogP contribution in [-0.4, -0.2) is 19.6 Å². The van der Waals surface area contributed by atoms with Gasteiger partial charge in [-0.05, 0) is 29.5 Å². The zero-order valence-electron chi connectivity index (χ0n) is 11.6. The monoisotopic (exact) mass is 232 g/mol. The van der Waals surface area contributed by atoms with Gasteiger partial charge in [-0.1, -0.05) is 33.8 Å². The second-order valence-corrected chi connectivity index (χ2v) is 5.81. The van der Waals surface area contributed by atoms with Crippen LogP contribution in [0.15, 0.2) is 18.2 Å². The SMILES string of the molecule is CC(C)c1ccc2c(c1)N(C)CC(C(C)C)N2. The van der Waals surface area contributed by atoms with Crippen LogP contribution < -0.4 is 10.2 Å². The lowest BCUT2D eigenvalue weighted by atomic mass is 9.97. The fraction of sp³-hybridized carbons (Fsp3) is 0.600. The first-order valence-electron chi connectivity index (χ1n) is 6.60. The molecule has 0 spiro atoms. The van der Waals surface area contributed by atoms with E-state index in [-0.39, 0.29) is 0 Å². The van der Waals surface area contributed by atoms with E-state index in [0.717, 1.165) is 6.54 Å². The predicted molar refractivity (Wildman–Crippen MR) is 76.0 cm³/mol. The van der Waals surface area contributed by atoms with Crippen LogP contribution in [0.4, 0.5) is 11.4 Å². The summed E-state index contributed by atoms with van der Waals surface area (Å²) in [6, 6.07) is 7.35. The molecule has 0 radical (unpaired) electrons. The summed E-state index contributed by atoms with van der Waals surface area (Å²) >= 11 is 0. The van der Waals surface area contributed by atoms with Crippen molar-refractivity contribution in [2.75, 3.05) is 23.8 Å². The van der Waals surface area contributed by atoms with Crippen LogP contribution >= 0.6 is 0 Å². The maximum Gasteiger partial charge on any atom is 0.0603 e. The van der Waals surface area contributed by atoms with E-state index in [1.165, 1.54) is 16.9 Å². The Balaban J connectivity index is 2.32. The van der Waals surface area contributed by atoms with Crippen molar-refractivity contribution >= 4 is 11.4 Å². The van der Waals surface area contributed by atoms with E-state index in [1.807, 2.05) is 0 Å². The Kier molecular flexibility index (Phi) is 3.32. The van der Waals surface area contributed by atoms with Gasteiger partial charge in [0.05, 0.1) is 11.4 Å². The summed E-state index contributed by atoms with van der Waals surface area (Å²) in [5.41, 5.74) is 4.04. The van der Waals surface area contributed by atoms with Gasteiger partial charge in [-0.2, -0.15) is 0 Å². The summed E-state index contributed by atoms with van der Waals surface area (Å²) in [6.07, 6.45) is 0. The summed E-state index contributed by atoms with van der Waals surface area (Å²) in [5.74, 6) is 1.26. The zero-order chi connectivity index (χ0) is 12.6. The van der Waals surface area contributed by atoms with Crippen LogP contribution in [0.3, 0.4) is 0 Å². The van der Waals surface area contributed by atoms with Crippen molar-refractivity contribution in [3.63, 3.8) is 0 Å². The average Bonchev–Trinajstić information content (AvgIpc) is 2.28. The average molecular weight is 232 g/mol. The molecule has 0 amide bonds. The summed E-state index contributed by atoms with van der Waals surface area (Å²) in [7, 11) is 2.19. The molecule has 2 rings (SSSR count). The highest BCUT2D eigenvalue weighted by Gasteiger charge is 2.23. The van der Waals surface area contributed by atoms with E-state index in [9.17, 15) is 0 Å². The largest absolute Gasteiger partial charge is 0.379 e. The first-order chi connectivity index (χ1) is 7.99. The highest BCUT2D eigenvalue weighted by molar-refractivity contribution is 5.73. The Hall–Kier alpha value is -1.18. The Bertz CT molecular complexity index is 396. The van der Waals surface area contributed by atoms with E-state index >= 15 is 0 Å². The molecule has 17 heavy (non-hydrogen) atoms. The summed E-state index contributed by atoms with van der Waals surface area (Å²) in [6.45, 7) is 10.1. The number of likely N-dealkylation sites (N-methyl/N-ethyl adjacent to an activating group) is 1. The number of nitrogens with one attached hydrogen (secondary N) is 1. The lowest BCUT2D eigenvalue weighted by Crippen LogP contribution is -2.42. The third-order valence-electron chi connectivity index (χ3n) is 3.72. The number of nitrogens with zero attached hydrogens (tertiary/aromatic N) is 1. The minimum atomic E-state index is 0.553. The van der Waals surface area contributed by atoms with E-state index in [0.29, 0.717) is 17.9 Å². The van der Waals surface area contributed by atoms with Gasteiger partial charge in [-0.3, -0.25) is 0 Å². The molecule has 1 aliphatic heterocycles. The number of fused-ring (bicyclic) bond motifs is 1. The molecule has 0 bridgehead atoms. The second-order valence-electron chi connectivity index (χ2n) is 5.81. The van der Waals surface area contributed by atoms with Gasteiger partial charge in [0.1, 0.15) is 0 Å². The molecule has 1 aromatic rings. The van der Waals surface area contributed by atoms with Gasteiger partial charge in [0.15, 0.2) is 0 Å². The van der Waals surface area contributed by atoms with Gasteiger partial charge in [0, 0.05) is 19.6 Å². The van der Waals surface area contributed by atoms with Crippen molar-refractivity contribution in [2.24, 2.45) is 5.92 Å². The molecule has 1 heterocycles. The second kappa shape index (κ2) is 4.59. The highest BCUT2D eigenvalue weighted by atomic mass is 15.2. The predicted octanol–water partition coefficient (Wildman–Crippen LogP) is 3.70. The van der Waals surface area contributed by atoms with E-state index in [1.54, 1.807) is 0 Å². The van der Waals surface area contributed by atoms with Crippen molar-refractivity contribution in [3.05, 3.63) is 23.8 Å². The molecular formula is C15H24N2. The Morgan fingerprint density at radius 1 is 1.24 bits per heavy atom. The highest BCUT2D eigenvalue weighted by Crippen LogP contribution is 2.34. The Morgan fingerprint density at radius 2 is 1.94 bits per heavy atom. The van der Waals surface area contributed by atoms with E-state index in [4.69, 9.17) is 0 Å². The minimum absolute atomic E-state index is 0.553. The minimum Gasteiger partial charge on any atom is -0.379 e. The van der Waals surface area contributed by atoms with Crippen LogP contribution in [0, 0.1) is 5.92 Å². The van der Waals surface area contributed by atoms with Crippen molar-refractivity contribution in [3.8, 4) is 0 Å². The first-order valence-corrected chi connectivity index (χ1v) is 6.60. The Labute approximate surface area is 105 Å². The quantitative estimate of drug-likeness (QED) is 0.836. The number of hydrogen-bond donors (Lipinski definition) is 1. The molecule has 0 saturated carbocycles. The maximum atomic E-state index is 3.65. The van der Waals surface area contributed by atoms with Gasteiger partial charge in [-0.15, -0.1) is 0 Å². The van der Waals surface area contributed by atoms with Crippen LogP contribution in [0.2, 0.25) is 0 Å². The number of anilines is 2. The lowest BCUT2D eigenvalue weighted by Gasteiger charge is -2.37. The Morgan fingerprint density at radius 3 is 2.53 bits per heavy atom. The summed E-state index contributed by atoms with van der Waals surface area (Å²) in [4.78, 5) is 2.38. The van der Waals surface area contributed by atoms with E-state index in [2.05, 4.69) is 63.2 Å². The van der Waals surface area contributed by atoms with Crippen LogP contribution in [0.1, 0.15) is 39.2 Å². The summed E-state index contributed by atoms with van der Waals surface area (Å²) < 4.78 is 0. The van der Waals surface area contributed by atoms with Crippen molar-refractivity contribution in [1.82, 2.24) is 0 Å². The maximum absolute atomic E-state index is 3.65. The van der Waals surface area contributed by atoms with Crippen molar-refractivity contribution in [2.45, 2.75) is 39.7 Å². The molecular weight excluding hydrogens is 208 g/mol. The van der Waals surface area contributed by atoms with Gasteiger partial charge in [-0.25, -0.2) is 0 Å². The molecule has 0 aliphatic carbocycles. The molecule has 0 saturated heterocycles. The topological polar surface area (TPSA) is 15.3 Å². The number of benzene rings is 1.